The van der Waals surface area contributed by atoms with E-state index in [1.54, 1.807) is 11.4 Å². The molecule has 1 aliphatic rings. The SMILES string of the molecule is [C-]#[N+]c1ncc(Br)cc1S[C@H]1OC(CO)[C@H](O)[C@H](n2cc(-c3csc(=O)[nH]3)nn2)C1O. The zero-order valence-electron chi connectivity index (χ0n) is 15.5. The molecule has 4 heterocycles. The van der Waals surface area contributed by atoms with Gasteiger partial charge in [-0.3, -0.25) is 4.79 Å². The minimum atomic E-state index is -1.28. The summed E-state index contributed by atoms with van der Waals surface area (Å²) in [6.07, 6.45) is -0.576. The van der Waals surface area contributed by atoms with Crippen molar-refractivity contribution in [2.24, 2.45) is 0 Å². The molecule has 1 fully saturated rings. The molecule has 14 heteroatoms. The summed E-state index contributed by atoms with van der Waals surface area (Å²) in [7, 11) is 0. The van der Waals surface area contributed by atoms with Gasteiger partial charge in [0, 0.05) is 10.3 Å². The molecule has 5 atom stereocenters. The highest BCUT2D eigenvalue weighted by atomic mass is 79.9. The van der Waals surface area contributed by atoms with Crippen molar-refractivity contribution >= 4 is 44.8 Å². The van der Waals surface area contributed by atoms with Gasteiger partial charge in [-0.2, -0.15) is 0 Å². The Kier molecular flexibility index (Phi) is 6.53. The molecule has 0 radical (unpaired) electrons. The maximum Gasteiger partial charge on any atom is 0.304 e. The Morgan fingerprint density at radius 3 is 2.90 bits per heavy atom. The predicted octanol–water partition coefficient (Wildman–Crippen LogP) is 1.18. The molecule has 2 unspecified atom stereocenters. The predicted molar refractivity (Wildman–Crippen MR) is 115 cm³/mol. The summed E-state index contributed by atoms with van der Waals surface area (Å²) in [6, 6.07) is 0.682. The van der Waals surface area contributed by atoms with Gasteiger partial charge in [-0.15, -0.1) is 21.8 Å². The Balaban J connectivity index is 1.65. The van der Waals surface area contributed by atoms with Gasteiger partial charge in [-0.05, 0) is 22.0 Å². The van der Waals surface area contributed by atoms with Gasteiger partial charge < -0.3 is 29.9 Å². The second kappa shape index (κ2) is 9.17. The number of H-pyrrole nitrogens is 1. The molecule has 0 amide bonds. The van der Waals surface area contributed by atoms with E-state index in [0.717, 1.165) is 23.1 Å². The molecule has 11 nitrogen and oxygen atoms in total. The summed E-state index contributed by atoms with van der Waals surface area (Å²) in [5.74, 6) is 0.136. The first-order valence-electron chi connectivity index (χ1n) is 8.83. The van der Waals surface area contributed by atoms with Crippen LogP contribution in [0.15, 0.2) is 38.0 Å². The number of aliphatic hydroxyl groups excluding tert-OH is 3. The zero-order valence-corrected chi connectivity index (χ0v) is 18.7. The highest BCUT2D eigenvalue weighted by Crippen LogP contribution is 2.41. The Morgan fingerprint density at radius 2 is 2.23 bits per heavy atom. The lowest BCUT2D eigenvalue weighted by Crippen LogP contribution is -2.55. The van der Waals surface area contributed by atoms with E-state index in [1.165, 1.54) is 17.1 Å². The van der Waals surface area contributed by atoms with E-state index in [1.807, 2.05) is 0 Å². The molecule has 1 saturated heterocycles. The number of ether oxygens (including phenoxy) is 1. The van der Waals surface area contributed by atoms with Crippen molar-refractivity contribution in [3.63, 3.8) is 0 Å². The fourth-order valence-electron chi connectivity index (χ4n) is 3.14. The summed E-state index contributed by atoms with van der Waals surface area (Å²) in [6.45, 7) is 6.80. The maximum absolute atomic E-state index is 11.4. The van der Waals surface area contributed by atoms with Crippen LogP contribution in [0.4, 0.5) is 5.82 Å². The van der Waals surface area contributed by atoms with E-state index >= 15 is 0 Å². The van der Waals surface area contributed by atoms with Crippen LogP contribution in [-0.2, 0) is 4.74 Å². The Morgan fingerprint density at radius 1 is 1.42 bits per heavy atom. The molecule has 4 rings (SSSR count). The summed E-state index contributed by atoms with van der Waals surface area (Å²) in [4.78, 5) is 21.7. The summed E-state index contributed by atoms with van der Waals surface area (Å²) < 4.78 is 7.64. The monoisotopic (exact) mass is 526 g/mol. The zero-order chi connectivity index (χ0) is 22.1. The second-order valence-electron chi connectivity index (χ2n) is 6.55. The standard InChI is InChI=1S/C17H15BrN6O5S2/c1-19-15-11(2-7(18)3-20-15)31-16-14(27)12(13(26)10(5-25)29-16)24-4-8(22-23-24)9-6-30-17(28)21-9/h2-4,6,10,12-14,16,25-27H,5H2,(H,21,28)/t10?,12-,13-,14?,16+/m0/s1. The van der Waals surface area contributed by atoms with Crippen molar-refractivity contribution in [2.45, 2.75) is 34.7 Å². The van der Waals surface area contributed by atoms with E-state index < -0.39 is 36.4 Å². The normalized spacial score (nSPS) is 26.0. The largest absolute Gasteiger partial charge is 0.394 e. The lowest BCUT2D eigenvalue weighted by molar-refractivity contribution is -0.178. The number of thioether (sulfide) groups is 1. The Hall–Kier alpha value is -2.12. The van der Waals surface area contributed by atoms with Crippen molar-refractivity contribution in [3.8, 4) is 11.4 Å². The van der Waals surface area contributed by atoms with Gasteiger partial charge in [0.15, 0.2) is 0 Å². The van der Waals surface area contributed by atoms with Crippen LogP contribution in [0.1, 0.15) is 6.04 Å². The van der Waals surface area contributed by atoms with Gasteiger partial charge in [0.1, 0.15) is 41.7 Å². The molecule has 0 spiro atoms. The first-order valence-corrected chi connectivity index (χ1v) is 11.4. The topological polar surface area (TPSA) is 151 Å². The van der Waals surface area contributed by atoms with E-state index in [9.17, 15) is 20.1 Å². The van der Waals surface area contributed by atoms with Crippen LogP contribution in [0.25, 0.3) is 16.2 Å². The highest BCUT2D eigenvalue weighted by Gasteiger charge is 2.46. The molecule has 162 valence electrons. The first-order chi connectivity index (χ1) is 14.9. The molecular weight excluding hydrogens is 512 g/mol. The number of rotatable bonds is 5. The minimum absolute atomic E-state index is 0.136. The number of aromatic amines is 1. The smallest absolute Gasteiger partial charge is 0.304 e. The number of hydrogen-bond acceptors (Lipinski definition) is 10. The number of halogens is 1. The second-order valence-corrected chi connectivity index (χ2v) is 9.45. The lowest BCUT2D eigenvalue weighted by atomic mass is 9.97. The quantitative estimate of drug-likeness (QED) is 0.359. The molecule has 31 heavy (non-hydrogen) atoms. The van der Waals surface area contributed by atoms with Crippen LogP contribution in [0, 0.1) is 6.57 Å². The summed E-state index contributed by atoms with van der Waals surface area (Å²) in [5, 5.41) is 41.0. The first kappa shape index (κ1) is 22.1. The number of nitrogens with zero attached hydrogens (tertiary/aromatic N) is 5. The van der Waals surface area contributed by atoms with Crippen molar-refractivity contribution in [1.82, 2.24) is 25.0 Å². The van der Waals surface area contributed by atoms with E-state index in [-0.39, 0.29) is 10.7 Å². The third-order valence-electron chi connectivity index (χ3n) is 4.61. The number of nitrogens with one attached hydrogen (secondary N) is 1. The van der Waals surface area contributed by atoms with Gasteiger partial charge in [0.25, 0.3) is 5.82 Å². The van der Waals surface area contributed by atoms with Gasteiger partial charge in [-0.25, -0.2) is 4.68 Å². The molecule has 0 bridgehead atoms. The molecule has 0 aromatic carbocycles. The number of aromatic nitrogens is 5. The van der Waals surface area contributed by atoms with Gasteiger partial charge in [0.2, 0.25) is 0 Å². The van der Waals surface area contributed by atoms with E-state index in [2.05, 4.69) is 41.1 Å². The Labute approximate surface area is 191 Å². The van der Waals surface area contributed by atoms with Gasteiger partial charge in [-0.1, -0.05) is 23.1 Å². The van der Waals surface area contributed by atoms with Gasteiger partial charge >= 0.3 is 4.87 Å². The molecule has 3 aromatic heterocycles. The third-order valence-corrected chi connectivity index (χ3v) is 6.89. The molecule has 4 N–H and O–H groups in total. The van der Waals surface area contributed by atoms with Crippen molar-refractivity contribution in [1.29, 1.82) is 0 Å². The van der Waals surface area contributed by atoms with Crippen molar-refractivity contribution < 1.29 is 20.1 Å². The number of hydrogen-bond donors (Lipinski definition) is 4. The number of pyridine rings is 1. The van der Waals surface area contributed by atoms with Gasteiger partial charge in [0.05, 0.1) is 23.0 Å². The average Bonchev–Trinajstić information content (AvgIpc) is 3.39. The van der Waals surface area contributed by atoms with Crippen LogP contribution in [0.5, 0.6) is 0 Å². The summed E-state index contributed by atoms with van der Waals surface area (Å²) >= 11 is 5.34. The average molecular weight is 527 g/mol. The van der Waals surface area contributed by atoms with Crippen LogP contribution in [0.3, 0.4) is 0 Å². The van der Waals surface area contributed by atoms with Crippen LogP contribution < -0.4 is 4.87 Å². The Bertz CT molecular complexity index is 1180. The third kappa shape index (κ3) is 4.44. The lowest BCUT2D eigenvalue weighted by Gasteiger charge is -2.41. The van der Waals surface area contributed by atoms with E-state index in [4.69, 9.17) is 11.3 Å². The molecule has 1 aliphatic heterocycles. The molecule has 3 aromatic rings. The van der Waals surface area contributed by atoms with Crippen molar-refractivity contribution in [2.75, 3.05) is 6.61 Å². The molecule has 0 aliphatic carbocycles. The molecule has 0 saturated carbocycles. The number of aliphatic hydroxyl groups is 3. The van der Waals surface area contributed by atoms with Crippen LogP contribution in [0.2, 0.25) is 0 Å². The van der Waals surface area contributed by atoms with Crippen LogP contribution in [-0.4, -0.2) is 70.6 Å². The fraction of sp³-hybridized carbons (Fsp3) is 0.353. The summed E-state index contributed by atoms with van der Waals surface area (Å²) in [5.41, 5.74) is -0.111. The number of thiazole rings is 1. The maximum atomic E-state index is 11.4. The highest BCUT2D eigenvalue weighted by molar-refractivity contribution is 9.10. The molecular formula is C17H15BrN6O5S2. The van der Waals surface area contributed by atoms with Crippen molar-refractivity contribution in [3.05, 3.63) is 49.4 Å². The van der Waals surface area contributed by atoms with E-state index in [0.29, 0.717) is 20.8 Å². The minimum Gasteiger partial charge on any atom is -0.394 e. The fourth-order valence-corrected chi connectivity index (χ4v) is 5.34. The van der Waals surface area contributed by atoms with Crippen LogP contribution >= 0.6 is 39.0 Å².